The van der Waals surface area contributed by atoms with E-state index in [-0.39, 0.29) is 24.0 Å². The van der Waals surface area contributed by atoms with E-state index < -0.39 is 0 Å². The maximum Gasteiger partial charge on any atom is 0.196 e. The summed E-state index contributed by atoms with van der Waals surface area (Å²) in [5.74, 6) is 1.97. The minimum absolute atomic E-state index is 0. The van der Waals surface area contributed by atoms with E-state index in [1.54, 1.807) is 0 Å². The number of halogens is 1. The van der Waals surface area contributed by atoms with Crippen LogP contribution in [-0.2, 0) is 6.42 Å². The molecule has 0 aromatic carbocycles. The first-order chi connectivity index (χ1) is 9.86. The molecule has 0 spiro atoms. The lowest BCUT2D eigenvalue weighted by Gasteiger charge is -2.37. The fraction of sp³-hybridized carbons (Fsp3) is 0.625. The molecular weight excluding hydrogens is 375 g/mol. The molecule has 0 N–H and O–H groups in total. The van der Waals surface area contributed by atoms with Gasteiger partial charge in [-0.05, 0) is 43.7 Å². The Labute approximate surface area is 144 Å². The zero-order valence-electron chi connectivity index (χ0n) is 12.7. The molecule has 1 aromatic rings. The highest BCUT2D eigenvalue weighted by molar-refractivity contribution is 14.0. The monoisotopic (exact) mass is 400 g/mol. The van der Waals surface area contributed by atoms with Crippen molar-refractivity contribution in [2.75, 3.05) is 32.7 Å². The van der Waals surface area contributed by atoms with E-state index in [1.165, 1.54) is 30.9 Å². The third kappa shape index (κ3) is 4.08. The molecule has 4 nitrogen and oxygen atoms in total. The molecule has 1 saturated heterocycles. The third-order valence-corrected chi connectivity index (χ3v) is 4.34. The Morgan fingerprint density at radius 2 is 2.24 bits per heavy atom. The van der Waals surface area contributed by atoms with Gasteiger partial charge in [-0.25, -0.2) is 0 Å². The van der Waals surface area contributed by atoms with Gasteiger partial charge in [-0.15, -0.1) is 24.0 Å². The molecule has 2 aliphatic heterocycles. The van der Waals surface area contributed by atoms with Gasteiger partial charge in [0, 0.05) is 38.6 Å². The van der Waals surface area contributed by atoms with Crippen LogP contribution in [0.5, 0.6) is 0 Å². The number of aromatic nitrogens is 1. The van der Waals surface area contributed by atoms with Crippen molar-refractivity contribution in [2.24, 2.45) is 10.9 Å². The minimum atomic E-state index is 0. The molecule has 21 heavy (non-hydrogen) atoms. The first-order valence-electron chi connectivity index (χ1n) is 7.80. The Hall–Kier alpha value is -0.850. The zero-order chi connectivity index (χ0) is 13.8. The summed E-state index contributed by atoms with van der Waals surface area (Å²) in [6.07, 6.45) is 7.60. The van der Waals surface area contributed by atoms with Gasteiger partial charge in [-0.2, -0.15) is 0 Å². The fourth-order valence-corrected chi connectivity index (χ4v) is 3.34. The van der Waals surface area contributed by atoms with Crippen molar-refractivity contribution < 1.29 is 0 Å². The van der Waals surface area contributed by atoms with Crippen LogP contribution in [0.25, 0.3) is 0 Å². The predicted octanol–water partition coefficient (Wildman–Crippen LogP) is 2.65. The van der Waals surface area contributed by atoms with Gasteiger partial charge in [0.05, 0.1) is 6.54 Å². The number of pyridine rings is 1. The van der Waals surface area contributed by atoms with Crippen LogP contribution >= 0.6 is 24.0 Å². The fourth-order valence-electron chi connectivity index (χ4n) is 3.34. The van der Waals surface area contributed by atoms with Crippen molar-refractivity contribution in [1.29, 1.82) is 0 Å². The number of rotatable bonds is 3. The van der Waals surface area contributed by atoms with Gasteiger partial charge in [0.25, 0.3) is 0 Å². The molecule has 3 rings (SSSR count). The molecule has 0 radical (unpaired) electrons. The second kappa shape index (κ2) is 7.96. The van der Waals surface area contributed by atoms with Crippen LogP contribution in [0, 0.1) is 5.92 Å². The summed E-state index contributed by atoms with van der Waals surface area (Å²) in [5.41, 5.74) is 1.36. The number of likely N-dealkylation sites (N-methyl/N-ethyl adjacent to an activating group) is 1. The summed E-state index contributed by atoms with van der Waals surface area (Å²) in [5, 5.41) is 0. The summed E-state index contributed by atoms with van der Waals surface area (Å²) < 4.78 is 0. The summed E-state index contributed by atoms with van der Waals surface area (Å²) in [6.45, 7) is 7.66. The van der Waals surface area contributed by atoms with E-state index in [0.717, 1.165) is 38.5 Å². The van der Waals surface area contributed by atoms with E-state index in [0.29, 0.717) is 0 Å². The Balaban J connectivity index is 0.00000161. The lowest BCUT2D eigenvalue weighted by atomic mass is 9.92. The van der Waals surface area contributed by atoms with Crippen LogP contribution in [0.4, 0.5) is 0 Å². The first-order valence-corrected chi connectivity index (χ1v) is 7.80. The molecule has 0 aliphatic carbocycles. The molecule has 1 aromatic heterocycles. The number of likely N-dealkylation sites (tertiary alicyclic amines) is 1. The van der Waals surface area contributed by atoms with E-state index in [2.05, 4.69) is 27.8 Å². The SMILES string of the molecule is CCN1CCN=C1N1CCCC(Cc2cccnc2)C1.I. The molecule has 1 fully saturated rings. The average molecular weight is 400 g/mol. The lowest BCUT2D eigenvalue weighted by Crippen LogP contribution is -2.47. The quantitative estimate of drug-likeness (QED) is 0.732. The van der Waals surface area contributed by atoms with Crippen molar-refractivity contribution in [3.63, 3.8) is 0 Å². The van der Waals surface area contributed by atoms with E-state index in [9.17, 15) is 0 Å². The second-order valence-electron chi connectivity index (χ2n) is 5.78. The van der Waals surface area contributed by atoms with Gasteiger partial charge in [0.2, 0.25) is 0 Å². The van der Waals surface area contributed by atoms with Crippen LogP contribution < -0.4 is 0 Å². The van der Waals surface area contributed by atoms with Crippen LogP contribution in [0.1, 0.15) is 25.3 Å². The molecule has 3 heterocycles. The maximum absolute atomic E-state index is 4.71. The Morgan fingerprint density at radius 1 is 1.33 bits per heavy atom. The highest BCUT2D eigenvalue weighted by Gasteiger charge is 2.27. The molecule has 5 heteroatoms. The lowest BCUT2D eigenvalue weighted by molar-refractivity contribution is 0.234. The Morgan fingerprint density at radius 3 is 3.00 bits per heavy atom. The topological polar surface area (TPSA) is 31.7 Å². The zero-order valence-corrected chi connectivity index (χ0v) is 15.1. The van der Waals surface area contributed by atoms with Crippen LogP contribution in [-0.4, -0.2) is 53.5 Å². The number of piperidine rings is 1. The molecule has 0 bridgehead atoms. The third-order valence-electron chi connectivity index (χ3n) is 4.34. The highest BCUT2D eigenvalue weighted by atomic mass is 127. The van der Waals surface area contributed by atoms with Gasteiger partial charge in [-0.1, -0.05) is 6.07 Å². The van der Waals surface area contributed by atoms with Crippen molar-refractivity contribution in [2.45, 2.75) is 26.2 Å². The van der Waals surface area contributed by atoms with Crippen molar-refractivity contribution >= 4 is 29.9 Å². The molecular formula is C16H25IN4. The molecule has 0 saturated carbocycles. The molecule has 0 amide bonds. The molecule has 116 valence electrons. The normalized spacial score (nSPS) is 22.0. The van der Waals surface area contributed by atoms with Gasteiger partial charge in [-0.3, -0.25) is 9.98 Å². The minimum Gasteiger partial charge on any atom is -0.343 e. The highest BCUT2D eigenvalue weighted by Crippen LogP contribution is 2.22. The van der Waals surface area contributed by atoms with Gasteiger partial charge in [0.15, 0.2) is 5.96 Å². The number of hydrogen-bond donors (Lipinski definition) is 0. The maximum atomic E-state index is 4.71. The van der Waals surface area contributed by atoms with Crippen LogP contribution in [0.15, 0.2) is 29.5 Å². The number of aliphatic imine (C=N–C) groups is 1. The van der Waals surface area contributed by atoms with Crippen LogP contribution in [0.2, 0.25) is 0 Å². The molecule has 1 unspecified atom stereocenters. The summed E-state index contributed by atoms with van der Waals surface area (Å²) in [7, 11) is 0. The van der Waals surface area contributed by atoms with E-state index in [1.807, 2.05) is 18.5 Å². The van der Waals surface area contributed by atoms with Crippen molar-refractivity contribution in [3.05, 3.63) is 30.1 Å². The number of guanidine groups is 1. The average Bonchev–Trinajstić information content (AvgIpc) is 2.97. The molecule has 1 atom stereocenters. The van der Waals surface area contributed by atoms with Gasteiger partial charge >= 0.3 is 0 Å². The number of nitrogens with zero attached hydrogens (tertiary/aromatic N) is 4. The van der Waals surface area contributed by atoms with Gasteiger partial charge in [0.1, 0.15) is 0 Å². The van der Waals surface area contributed by atoms with Crippen LogP contribution in [0.3, 0.4) is 0 Å². The smallest absolute Gasteiger partial charge is 0.196 e. The van der Waals surface area contributed by atoms with E-state index >= 15 is 0 Å². The largest absolute Gasteiger partial charge is 0.343 e. The standard InChI is InChI=1S/C16H24N4.HI/c1-2-19-10-8-18-16(19)20-9-4-6-15(13-20)11-14-5-3-7-17-12-14;/h3,5,7,12,15H,2,4,6,8-11,13H2,1H3;1H. The first kappa shape index (κ1) is 16.5. The van der Waals surface area contributed by atoms with Gasteiger partial charge < -0.3 is 9.80 Å². The summed E-state index contributed by atoms with van der Waals surface area (Å²) in [4.78, 5) is 13.8. The van der Waals surface area contributed by atoms with Crippen molar-refractivity contribution in [1.82, 2.24) is 14.8 Å². The summed E-state index contributed by atoms with van der Waals surface area (Å²) in [6, 6.07) is 4.23. The number of hydrogen-bond acceptors (Lipinski definition) is 4. The Bertz CT molecular complexity index is 463. The van der Waals surface area contributed by atoms with E-state index in [4.69, 9.17) is 4.99 Å². The Kier molecular flexibility index (Phi) is 6.26. The predicted molar refractivity (Wildman–Crippen MR) is 97.2 cm³/mol. The van der Waals surface area contributed by atoms with Crippen molar-refractivity contribution in [3.8, 4) is 0 Å². The molecule has 2 aliphatic rings. The summed E-state index contributed by atoms with van der Waals surface area (Å²) >= 11 is 0. The second-order valence-corrected chi connectivity index (χ2v) is 5.78.